The number of ether oxygens (including phenoxy) is 1. The third-order valence-electron chi connectivity index (χ3n) is 1.98. The second-order valence-electron chi connectivity index (χ2n) is 2.78. The Balaban J connectivity index is 0.000000371. The van der Waals surface area contributed by atoms with E-state index in [1.807, 2.05) is 21.0 Å². The fourth-order valence-electron chi connectivity index (χ4n) is 1.37. The largest absolute Gasteiger partial charge is 0.381 e. The highest BCUT2D eigenvalue weighted by Crippen LogP contribution is 2.26. The van der Waals surface area contributed by atoms with Crippen LogP contribution in [0.3, 0.4) is 0 Å². The van der Waals surface area contributed by atoms with E-state index < -0.39 is 0 Å². The summed E-state index contributed by atoms with van der Waals surface area (Å²) in [6, 6.07) is 0. The molecule has 62 valence electrons. The van der Waals surface area contributed by atoms with E-state index in [4.69, 9.17) is 4.74 Å². The van der Waals surface area contributed by atoms with Crippen LogP contribution in [0, 0.1) is 5.92 Å². The van der Waals surface area contributed by atoms with Gasteiger partial charge in [-0.15, -0.1) is 0 Å². The van der Waals surface area contributed by atoms with Gasteiger partial charge >= 0.3 is 0 Å². The minimum atomic E-state index is 0.574. The Labute approximate surface area is 64.8 Å². The Morgan fingerprint density at radius 1 is 1.20 bits per heavy atom. The summed E-state index contributed by atoms with van der Waals surface area (Å²) in [5.41, 5.74) is 0. The molecule has 0 aromatic heterocycles. The zero-order chi connectivity index (χ0) is 7.98. The topological polar surface area (TPSA) is 9.23 Å². The summed E-state index contributed by atoms with van der Waals surface area (Å²) in [5.74, 6) is 0.903. The number of rotatable bonds is 1. The smallest absolute Gasteiger partial charge is 0.0574 e. The molecule has 0 amide bonds. The van der Waals surface area contributed by atoms with Crippen LogP contribution in [0.4, 0.5) is 0 Å². The average molecular weight is 144 g/mol. The summed E-state index contributed by atoms with van der Waals surface area (Å²) in [5, 5.41) is 0. The van der Waals surface area contributed by atoms with Gasteiger partial charge in [-0.2, -0.15) is 0 Å². The maximum absolute atomic E-state index is 5.18. The molecule has 0 unspecified atom stereocenters. The van der Waals surface area contributed by atoms with Crippen molar-refractivity contribution in [3.63, 3.8) is 0 Å². The van der Waals surface area contributed by atoms with Crippen LogP contribution in [0.25, 0.3) is 0 Å². The number of methoxy groups -OCH3 is 1. The highest BCUT2D eigenvalue weighted by Gasteiger charge is 2.19. The second-order valence-corrected chi connectivity index (χ2v) is 2.78. The fourth-order valence-corrected chi connectivity index (χ4v) is 1.37. The van der Waals surface area contributed by atoms with Crippen molar-refractivity contribution < 1.29 is 4.74 Å². The molecular formula is C9H20O. The van der Waals surface area contributed by atoms with Crippen LogP contribution in [0.15, 0.2) is 0 Å². The van der Waals surface area contributed by atoms with E-state index in [9.17, 15) is 0 Å². The predicted molar refractivity (Wildman–Crippen MR) is 45.2 cm³/mol. The van der Waals surface area contributed by atoms with Gasteiger partial charge in [0.25, 0.3) is 0 Å². The van der Waals surface area contributed by atoms with E-state index in [-0.39, 0.29) is 0 Å². The molecule has 0 aliphatic heterocycles. The van der Waals surface area contributed by atoms with E-state index in [1.54, 1.807) is 0 Å². The van der Waals surface area contributed by atoms with E-state index >= 15 is 0 Å². The molecule has 0 aromatic carbocycles. The summed E-state index contributed by atoms with van der Waals surface area (Å²) in [4.78, 5) is 0. The van der Waals surface area contributed by atoms with Crippen molar-refractivity contribution in [1.29, 1.82) is 0 Å². The zero-order valence-electron chi connectivity index (χ0n) is 7.68. The van der Waals surface area contributed by atoms with Crippen LogP contribution in [-0.4, -0.2) is 13.2 Å². The molecule has 0 saturated heterocycles. The first-order chi connectivity index (χ1) is 4.83. The molecule has 1 fully saturated rings. The van der Waals surface area contributed by atoms with Crippen LogP contribution in [0.5, 0.6) is 0 Å². The first-order valence-electron chi connectivity index (χ1n) is 4.35. The molecule has 1 heteroatoms. The van der Waals surface area contributed by atoms with Gasteiger partial charge in [0.05, 0.1) is 6.10 Å². The summed E-state index contributed by atoms with van der Waals surface area (Å²) in [7, 11) is 1.81. The molecule has 10 heavy (non-hydrogen) atoms. The molecule has 1 saturated carbocycles. The molecule has 1 nitrogen and oxygen atoms in total. The molecule has 1 aliphatic rings. The van der Waals surface area contributed by atoms with Gasteiger partial charge in [-0.1, -0.05) is 20.8 Å². The lowest BCUT2D eigenvalue weighted by atomic mass is 10.1. The molecule has 0 aromatic rings. The van der Waals surface area contributed by atoms with Crippen molar-refractivity contribution in [2.75, 3.05) is 7.11 Å². The molecule has 1 rings (SSSR count). The Morgan fingerprint density at radius 2 is 1.80 bits per heavy atom. The maximum atomic E-state index is 5.18. The van der Waals surface area contributed by atoms with E-state index in [0.717, 1.165) is 5.92 Å². The standard InChI is InChI=1S/C7H14O.C2H6/c1-6-3-4-7(5-6)8-2;1-2/h6-7H,3-5H2,1-2H3;1-2H3/t6-,7+;/m1./s1. The molecule has 0 N–H and O–H groups in total. The van der Waals surface area contributed by atoms with Crippen molar-refractivity contribution in [3.05, 3.63) is 0 Å². The highest BCUT2D eigenvalue weighted by molar-refractivity contribution is 4.71. The Kier molecular flexibility index (Phi) is 5.70. The molecule has 2 atom stereocenters. The van der Waals surface area contributed by atoms with Gasteiger partial charge in [-0.3, -0.25) is 0 Å². The lowest BCUT2D eigenvalue weighted by molar-refractivity contribution is 0.106. The molecule has 0 heterocycles. The van der Waals surface area contributed by atoms with Gasteiger partial charge in [0.1, 0.15) is 0 Å². The molecule has 0 bridgehead atoms. The highest BCUT2D eigenvalue weighted by atomic mass is 16.5. The van der Waals surface area contributed by atoms with Crippen molar-refractivity contribution in [3.8, 4) is 0 Å². The van der Waals surface area contributed by atoms with E-state index in [2.05, 4.69) is 6.92 Å². The summed E-state index contributed by atoms with van der Waals surface area (Å²) in [6.45, 7) is 6.29. The first kappa shape index (κ1) is 9.96. The van der Waals surface area contributed by atoms with Gasteiger partial charge < -0.3 is 4.74 Å². The fraction of sp³-hybridized carbons (Fsp3) is 1.00. The van der Waals surface area contributed by atoms with Crippen LogP contribution >= 0.6 is 0 Å². The molecular weight excluding hydrogens is 124 g/mol. The van der Waals surface area contributed by atoms with E-state index in [1.165, 1.54) is 19.3 Å². The Bertz CT molecular complexity index is 71.1. The number of hydrogen-bond donors (Lipinski definition) is 0. The summed E-state index contributed by atoms with van der Waals surface area (Å²) in [6.07, 6.45) is 4.48. The predicted octanol–water partition coefficient (Wildman–Crippen LogP) is 2.85. The molecule has 0 radical (unpaired) electrons. The quantitative estimate of drug-likeness (QED) is 0.550. The van der Waals surface area contributed by atoms with Gasteiger partial charge in [-0.05, 0) is 25.2 Å². The van der Waals surface area contributed by atoms with Gasteiger partial charge in [-0.25, -0.2) is 0 Å². The SMILES string of the molecule is CC.CO[C@H]1CC[C@@H](C)C1. The van der Waals surface area contributed by atoms with Crippen molar-refractivity contribution in [1.82, 2.24) is 0 Å². The van der Waals surface area contributed by atoms with Crippen molar-refractivity contribution in [2.24, 2.45) is 5.92 Å². The average Bonchev–Trinajstić information content (AvgIpc) is 2.40. The van der Waals surface area contributed by atoms with Crippen LogP contribution in [0.1, 0.15) is 40.0 Å². The Morgan fingerprint density at radius 3 is 2.00 bits per heavy atom. The van der Waals surface area contributed by atoms with Gasteiger partial charge in [0.15, 0.2) is 0 Å². The Hall–Kier alpha value is -0.0400. The maximum Gasteiger partial charge on any atom is 0.0574 e. The van der Waals surface area contributed by atoms with Crippen LogP contribution in [-0.2, 0) is 4.74 Å². The minimum Gasteiger partial charge on any atom is -0.381 e. The van der Waals surface area contributed by atoms with E-state index in [0.29, 0.717) is 6.10 Å². The minimum absolute atomic E-state index is 0.574. The summed E-state index contributed by atoms with van der Waals surface area (Å²) >= 11 is 0. The third-order valence-corrected chi connectivity index (χ3v) is 1.98. The van der Waals surface area contributed by atoms with Gasteiger partial charge in [0, 0.05) is 7.11 Å². The molecule has 0 spiro atoms. The second kappa shape index (κ2) is 5.72. The van der Waals surface area contributed by atoms with Gasteiger partial charge in [0.2, 0.25) is 0 Å². The lowest BCUT2D eigenvalue weighted by Gasteiger charge is -2.04. The van der Waals surface area contributed by atoms with Crippen LogP contribution in [0.2, 0.25) is 0 Å². The first-order valence-corrected chi connectivity index (χ1v) is 4.35. The van der Waals surface area contributed by atoms with Crippen molar-refractivity contribution in [2.45, 2.75) is 46.1 Å². The third kappa shape index (κ3) is 3.21. The van der Waals surface area contributed by atoms with Crippen molar-refractivity contribution >= 4 is 0 Å². The monoisotopic (exact) mass is 144 g/mol. The summed E-state index contributed by atoms with van der Waals surface area (Å²) < 4.78 is 5.18. The molecule has 1 aliphatic carbocycles. The van der Waals surface area contributed by atoms with Crippen LogP contribution < -0.4 is 0 Å². The lowest BCUT2D eigenvalue weighted by Crippen LogP contribution is -2.03. The normalized spacial score (nSPS) is 31.2. The number of hydrogen-bond acceptors (Lipinski definition) is 1. The zero-order valence-corrected chi connectivity index (χ0v) is 7.68.